The minimum absolute atomic E-state index is 0.147. The molecule has 1 aromatic carbocycles. The number of amides is 1. The molecule has 0 radical (unpaired) electrons. The van der Waals surface area contributed by atoms with Crippen molar-refractivity contribution in [1.82, 2.24) is 15.1 Å². The summed E-state index contributed by atoms with van der Waals surface area (Å²) in [5.41, 5.74) is 0.642. The van der Waals surface area contributed by atoms with Gasteiger partial charge in [0.1, 0.15) is 0 Å². The third kappa shape index (κ3) is 4.91. The molecule has 0 saturated heterocycles. The fourth-order valence-electron chi connectivity index (χ4n) is 2.82. The first kappa shape index (κ1) is 19.4. The van der Waals surface area contributed by atoms with E-state index in [9.17, 15) is 4.79 Å². The van der Waals surface area contributed by atoms with Crippen LogP contribution in [-0.2, 0) is 16.1 Å². The van der Waals surface area contributed by atoms with E-state index in [2.05, 4.69) is 15.5 Å². The number of methoxy groups -OCH3 is 1. The minimum atomic E-state index is -0.169. The van der Waals surface area contributed by atoms with Crippen LogP contribution in [-0.4, -0.2) is 54.6 Å². The van der Waals surface area contributed by atoms with Crippen LogP contribution in [0, 0.1) is 0 Å². The van der Waals surface area contributed by atoms with Gasteiger partial charge in [0.2, 0.25) is 18.6 Å². The van der Waals surface area contributed by atoms with Crippen LogP contribution in [0.25, 0.3) is 10.8 Å². The fraction of sp³-hybridized carbons (Fsp3) is 0.316. The molecule has 4 rings (SSSR count). The molecule has 0 fully saturated rings. The predicted molar refractivity (Wildman–Crippen MR) is 106 cm³/mol. The molecule has 3 aromatic rings. The highest BCUT2D eigenvalue weighted by Gasteiger charge is 2.18. The van der Waals surface area contributed by atoms with Crippen LogP contribution in [0.3, 0.4) is 0 Å². The molecule has 0 atom stereocenters. The lowest BCUT2D eigenvalue weighted by Crippen LogP contribution is -2.35. The van der Waals surface area contributed by atoms with Crippen molar-refractivity contribution in [2.45, 2.75) is 6.54 Å². The third-order valence-electron chi connectivity index (χ3n) is 4.19. The van der Waals surface area contributed by atoms with Gasteiger partial charge in [0.15, 0.2) is 11.5 Å². The number of ether oxygens (including phenoxy) is 3. The second-order valence-corrected chi connectivity index (χ2v) is 7.25. The highest BCUT2D eigenvalue weighted by atomic mass is 32.1. The third-order valence-corrected chi connectivity index (χ3v) is 5.05. The summed E-state index contributed by atoms with van der Waals surface area (Å²) in [4.78, 5) is 15.3. The zero-order chi connectivity index (χ0) is 20.1. The van der Waals surface area contributed by atoms with Crippen LogP contribution >= 0.6 is 11.3 Å². The maximum absolute atomic E-state index is 12.5. The number of anilines is 1. The molecule has 1 amide bonds. The molecule has 1 aliphatic rings. The normalized spacial score (nSPS) is 12.5. The maximum Gasteiger partial charge on any atom is 0.257 e. The van der Waals surface area contributed by atoms with Crippen LogP contribution < -0.4 is 14.8 Å². The summed E-state index contributed by atoms with van der Waals surface area (Å²) in [7, 11) is 1.62. The van der Waals surface area contributed by atoms with Crippen molar-refractivity contribution in [3.8, 4) is 22.3 Å². The summed E-state index contributed by atoms with van der Waals surface area (Å²) in [5, 5.41) is 13.0. The van der Waals surface area contributed by atoms with Gasteiger partial charge < -0.3 is 23.9 Å². The first-order chi connectivity index (χ1) is 14.2. The first-order valence-electron chi connectivity index (χ1n) is 8.98. The molecular weight excluding hydrogens is 396 g/mol. The van der Waals surface area contributed by atoms with Crippen molar-refractivity contribution in [3.63, 3.8) is 0 Å². The summed E-state index contributed by atoms with van der Waals surface area (Å²) in [5.74, 6) is 2.04. The highest BCUT2D eigenvalue weighted by molar-refractivity contribution is 7.13. The number of nitrogens with one attached hydrogen (secondary N) is 1. The summed E-state index contributed by atoms with van der Waals surface area (Å²) < 4.78 is 21.5. The molecule has 1 aliphatic heterocycles. The zero-order valence-corrected chi connectivity index (χ0v) is 16.6. The lowest BCUT2D eigenvalue weighted by atomic mass is 10.2. The Bertz CT molecular complexity index is 959. The molecule has 0 unspecified atom stereocenters. The van der Waals surface area contributed by atoms with Gasteiger partial charge >= 0.3 is 0 Å². The van der Waals surface area contributed by atoms with Gasteiger partial charge in [0.25, 0.3) is 5.89 Å². The van der Waals surface area contributed by atoms with Gasteiger partial charge in [-0.25, -0.2) is 0 Å². The molecule has 0 aliphatic carbocycles. The summed E-state index contributed by atoms with van der Waals surface area (Å²) in [6.45, 7) is 1.70. The van der Waals surface area contributed by atoms with Crippen molar-refractivity contribution < 1.29 is 23.4 Å². The average Bonchev–Trinajstić information content (AvgIpc) is 3.46. The Morgan fingerprint density at radius 3 is 3.00 bits per heavy atom. The Balaban J connectivity index is 1.38. The number of thiophene rings is 1. The number of hydrogen-bond donors (Lipinski definition) is 1. The Kier molecular flexibility index (Phi) is 6.03. The van der Waals surface area contributed by atoms with Gasteiger partial charge in [-0.05, 0) is 23.6 Å². The second kappa shape index (κ2) is 9.03. The van der Waals surface area contributed by atoms with Crippen molar-refractivity contribution in [2.24, 2.45) is 0 Å². The summed E-state index contributed by atoms with van der Waals surface area (Å²) in [6, 6.07) is 9.13. The Morgan fingerprint density at radius 1 is 1.28 bits per heavy atom. The van der Waals surface area contributed by atoms with Crippen LogP contribution in [0.15, 0.2) is 40.1 Å². The average molecular weight is 416 g/mol. The monoisotopic (exact) mass is 416 g/mol. The molecule has 0 saturated carbocycles. The van der Waals surface area contributed by atoms with E-state index >= 15 is 0 Å². The number of rotatable bonds is 9. The van der Waals surface area contributed by atoms with E-state index < -0.39 is 0 Å². The zero-order valence-electron chi connectivity index (χ0n) is 15.8. The standard InChI is InChI=1S/C19H20N4O5S/c1-25-7-6-23(11-18-21-22-19(28-18)16-3-2-8-29-16)10-17(24)20-13-4-5-14-15(9-13)27-12-26-14/h2-5,8-9H,6-7,10-12H2,1H3,(H,20,24). The molecular formula is C19H20N4O5S. The van der Waals surface area contributed by atoms with Gasteiger partial charge in [-0.3, -0.25) is 9.69 Å². The number of carbonyl (C=O) groups is 1. The van der Waals surface area contributed by atoms with Crippen molar-refractivity contribution in [3.05, 3.63) is 41.6 Å². The van der Waals surface area contributed by atoms with Crippen molar-refractivity contribution in [1.29, 1.82) is 0 Å². The number of hydrogen-bond acceptors (Lipinski definition) is 9. The van der Waals surface area contributed by atoms with Crippen molar-refractivity contribution in [2.75, 3.05) is 38.9 Å². The quantitative estimate of drug-likeness (QED) is 0.568. The predicted octanol–water partition coefficient (Wildman–Crippen LogP) is 2.61. The molecule has 29 heavy (non-hydrogen) atoms. The van der Waals surface area contributed by atoms with E-state index in [1.54, 1.807) is 25.3 Å². The Morgan fingerprint density at radius 2 is 2.17 bits per heavy atom. The van der Waals surface area contributed by atoms with E-state index in [0.717, 1.165) is 4.88 Å². The topological polar surface area (TPSA) is 99.0 Å². The van der Waals surface area contributed by atoms with Gasteiger partial charge in [-0.15, -0.1) is 21.5 Å². The van der Waals surface area contributed by atoms with Crippen LogP contribution in [0.5, 0.6) is 11.5 Å². The summed E-state index contributed by atoms with van der Waals surface area (Å²) >= 11 is 1.53. The van der Waals surface area contributed by atoms with Gasteiger partial charge in [0.05, 0.1) is 24.6 Å². The van der Waals surface area contributed by atoms with Crippen LogP contribution in [0.4, 0.5) is 5.69 Å². The largest absolute Gasteiger partial charge is 0.454 e. The number of nitrogens with zero attached hydrogens (tertiary/aromatic N) is 3. The number of fused-ring (bicyclic) bond motifs is 1. The van der Waals surface area contributed by atoms with E-state index in [1.807, 2.05) is 22.4 Å². The SMILES string of the molecule is COCCN(CC(=O)Nc1ccc2c(c1)OCO2)Cc1nnc(-c2cccs2)o1. The lowest BCUT2D eigenvalue weighted by Gasteiger charge is -2.19. The van der Waals surface area contributed by atoms with Gasteiger partial charge in [-0.1, -0.05) is 6.07 Å². The van der Waals surface area contributed by atoms with E-state index in [4.69, 9.17) is 18.6 Å². The molecule has 152 valence electrons. The minimum Gasteiger partial charge on any atom is -0.454 e. The first-order valence-corrected chi connectivity index (χ1v) is 9.86. The van der Waals surface area contributed by atoms with Crippen LogP contribution in [0.2, 0.25) is 0 Å². The van der Waals surface area contributed by atoms with E-state index in [0.29, 0.717) is 48.7 Å². The number of aromatic nitrogens is 2. The maximum atomic E-state index is 12.5. The van der Waals surface area contributed by atoms with Crippen molar-refractivity contribution >= 4 is 22.9 Å². The Hall–Kier alpha value is -2.95. The van der Waals surface area contributed by atoms with Crippen LogP contribution in [0.1, 0.15) is 5.89 Å². The number of benzene rings is 1. The van der Waals surface area contributed by atoms with E-state index in [1.165, 1.54) is 11.3 Å². The molecule has 1 N–H and O–H groups in total. The Labute approximate surface area is 171 Å². The van der Waals surface area contributed by atoms with Gasteiger partial charge in [0, 0.05) is 25.4 Å². The fourth-order valence-corrected chi connectivity index (χ4v) is 3.47. The lowest BCUT2D eigenvalue weighted by molar-refractivity contribution is -0.117. The molecule has 2 aromatic heterocycles. The molecule has 10 heteroatoms. The van der Waals surface area contributed by atoms with Gasteiger partial charge in [-0.2, -0.15) is 0 Å². The molecule has 9 nitrogen and oxygen atoms in total. The second-order valence-electron chi connectivity index (χ2n) is 6.30. The molecule has 0 spiro atoms. The number of carbonyl (C=O) groups excluding carboxylic acids is 1. The van der Waals surface area contributed by atoms with E-state index in [-0.39, 0.29) is 19.2 Å². The summed E-state index contributed by atoms with van der Waals surface area (Å²) in [6.07, 6.45) is 0. The molecule has 0 bridgehead atoms. The molecule has 3 heterocycles. The highest BCUT2D eigenvalue weighted by Crippen LogP contribution is 2.34. The smallest absolute Gasteiger partial charge is 0.257 e.